The lowest BCUT2D eigenvalue weighted by Crippen LogP contribution is -2.54. The lowest BCUT2D eigenvalue weighted by atomic mass is 9.72. The fraction of sp³-hybridized carbons (Fsp3) is 0.286. The molecule has 0 radical (unpaired) electrons. The molecule has 0 saturated carbocycles. The third-order valence-electron chi connectivity index (χ3n) is 6.87. The Balaban J connectivity index is 2.07. The van der Waals surface area contributed by atoms with Crippen molar-refractivity contribution in [3.63, 3.8) is 0 Å². The molecule has 2 amide bonds. The molecule has 0 unspecified atom stereocenters. The van der Waals surface area contributed by atoms with Crippen molar-refractivity contribution in [1.29, 1.82) is 0 Å². The molecule has 43 heavy (non-hydrogen) atoms. The molecule has 0 aromatic heterocycles. The highest BCUT2D eigenvalue weighted by Crippen LogP contribution is 2.56. The fourth-order valence-electron chi connectivity index (χ4n) is 4.40. The second-order valence-electron chi connectivity index (χ2n) is 9.47. The molecule has 0 aliphatic carbocycles. The number of anilines is 1. The van der Waals surface area contributed by atoms with E-state index >= 15 is 0 Å². The van der Waals surface area contributed by atoms with Crippen LogP contribution in [0.4, 0.5) is 54.0 Å². The predicted molar refractivity (Wildman–Crippen MR) is 133 cm³/mol. The van der Waals surface area contributed by atoms with Crippen molar-refractivity contribution in [1.82, 2.24) is 5.32 Å². The van der Waals surface area contributed by atoms with Crippen LogP contribution in [0, 0.1) is 13.8 Å². The predicted octanol–water partition coefficient (Wildman–Crippen LogP) is 7.98. The highest BCUT2D eigenvalue weighted by atomic mass is 19.4. The van der Waals surface area contributed by atoms with Crippen molar-refractivity contribution in [2.45, 2.75) is 43.7 Å². The molecule has 0 spiro atoms. The number of aryl methyl sites for hydroxylation is 1. The minimum Gasteiger partial charge on any atom is -0.355 e. The van der Waals surface area contributed by atoms with Gasteiger partial charge in [-0.05, 0) is 72.5 Å². The normalized spacial score (nSPS) is 13.1. The molecule has 0 bridgehead atoms. The van der Waals surface area contributed by atoms with Crippen LogP contribution in [-0.4, -0.2) is 37.4 Å². The average molecular weight is 626 g/mol. The minimum atomic E-state index is -5.97. The van der Waals surface area contributed by atoms with E-state index in [1.807, 2.05) is 0 Å². The van der Waals surface area contributed by atoms with Gasteiger partial charge in [-0.1, -0.05) is 24.3 Å². The van der Waals surface area contributed by atoms with Gasteiger partial charge in [0.25, 0.3) is 11.8 Å². The first kappa shape index (κ1) is 33.3. The molecule has 0 aliphatic heterocycles. The van der Waals surface area contributed by atoms with Crippen LogP contribution in [0.15, 0.2) is 60.7 Å². The minimum absolute atomic E-state index is 0.0605. The lowest BCUT2D eigenvalue weighted by Gasteiger charge is -2.38. The molecular formula is C28H21F11N2O2. The van der Waals surface area contributed by atoms with E-state index in [2.05, 4.69) is 10.6 Å². The van der Waals surface area contributed by atoms with Gasteiger partial charge < -0.3 is 10.6 Å². The molecule has 232 valence electrons. The van der Waals surface area contributed by atoms with E-state index in [-0.39, 0.29) is 16.7 Å². The van der Waals surface area contributed by atoms with Crippen molar-refractivity contribution in [3.8, 4) is 0 Å². The average Bonchev–Trinajstić information content (AvgIpc) is 2.89. The van der Waals surface area contributed by atoms with Gasteiger partial charge in [0.15, 0.2) is 0 Å². The van der Waals surface area contributed by atoms with E-state index in [1.54, 1.807) is 0 Å². The Bertz CT molecular complexity index is 1490. The maximum Gasteiger partial charge on any atom is 0.458 e. The second kappa shape index (κ2) is 11.2. The first-order chi connectivity index (χ1) is 19.6. The third kappa shape index (κ3) is 5.89. The van der Waals surface area contributed by atoms with Crippen LogP contribution in [0.3, 0.4) is 0 Å². The van der Waals surface area contributed by atoms with Crippen LogP contribution in [0.5, 0.6) is 0 Å². The molecule has 3 aromatic rings. The van der Waals surface area contributed by atoms with Crippen molar-refractivity contribution >= 4 is 17.5 Å². The summed E-state index contributed by atoms with van der Waals surface area (Å²) in [4.78, 5) is 24.5. The van der Waals surface area contributed by atoms with Gasteiger partial charge in [0.05, 0.1) is 0 Å². The van der Waals surface area contributed by atoms with Crippen LogP contribution < -0.4 is 10.6 Å². The van der Waals surface area contributed by atoms with Crippen molar-refractivity contribution in [3.05, 3.63) is 99.6 Å². The Hall–Kier alpha value is -4.17. The molecule has 3 aromatic carbocycles. The first-order valence-corrected chi connectivity index (χ1v) is 12.0. The molecular weight excluding hydrogens is 605 g/mol. The molecule has 0 heterocycles. The molecule has 3 rings (SSSR count). The summed E-state index contributed by atoms with van der Waals surface area (Å²) in [5.41, 5.74) is -9.89. The van der Waals surface area contributed by atoms with Gasteiger partial charge in [0.1, 0.15) is 0 Å². The highest BCUT2D eigenvalue weighted by molar-refractivity contribution is 6.04. The van der Waals surface area contributed by atoms with Crippen molar-refractivity contribution in [2.75, 3.05) is 12.4 Å². The summed E-state index contributed by atoms with van der Waals surface area (Å²) in [6.07, 6.45) is -17.9. The van der Waals surface area contributed by atoms with Crippen LogP contribution in [0.1, 0.15) is 48.5 Å². The summed E-state index contributed by atoms with van der Waals surface area (Å²) in [7, 11) is 1.21. The summed E-state index contributed by atoms with van der Waals surface area (Å²) < 4.78 is 153. The van der Waals surface area contributed by atoms with Gasteiger partial charge in [-0.2, -0.15) is 48.3 Å². The highest BCUT2D eigenvalue weighted by Gasteiger charge is 2.72. The monoisotopic (exact) mass is 626 g/mol. The van der Waals surface area contributed by atoms with E-state index in [4.69, 9.17) is 0 Å². The van der Waals surface area contributed by atoms with E-state index in [1.165, 1.54) is 20.9 Å². The number of carbonyl (C=O) groups is 2. The Labute approximate surface area is 236 Å². The number of carbonyl (C=O) groups excluding carboxylic acids is 2. The Kier molecular flexibility index (Phi) is 8.65. The maximum absolute atomic E-state index is 14.4. The number of nitrogens with one attached hydrogen (secondary N) is 2. The summed E-state index contributed by atoms with van der Waals surface area (Å²) in [6.45, 7) is 2.49. The number of halogens is 11. The van der Waals surface area contributed by atoms with Gasteiger partial charge in [-0.25, -0.2) is 0 Å². The number of amides is 2. The first-order valence-electron chi connectivity index (χ1n) is 12.0. The van der Waals surface area contributed by atoms with Gasteiger partial charge in [0.2, 0.25) is 5.41 Å². The zero-order valence-electron chi connectivity index (χ0n) is 22.2. The van der Waals surface area contributed by atoms with E-state index in [0.717, 1.165) is 12.1 Å². The van der Waals surface area contributed by atoms with E-state index in [9.17, 15) is 57.9 Å². The number of benzene rings is 3. The Morgan fingerprint density at radius 2 is 1.00 bits per heavy atom. The zero-order valence-corrected chi connectivity index (χ0v) is 22.2. The number of hydrogen-bond acceptors (Lipinski definition) is 2. The summed E-state index contributed by atoms with van der Waals surface area (Å²) in [5, 5.41) is 4.26. The zero-order chi connectivity index (χ0) is 32.8. The fourth-order valence-corrected chi connectivity index (χ4v) is 4.40. The summed E-state index contributed by atoms with van der Waals surface area (Å²) in [5.74, 6) is -7.25. The molecule has 15 heteroatoms. The molecule has 0 atom stereocenters. The maximum atomic E-state index is 14.4. The van der Waals surface area contributed by atoms with Gasteiger partial charge >= 0.3 is 24.5 Å². The third-order valence-corrected chi connectivity index (χ3v) is 6.87. The van der Waals surface area contributed by atoms with Crippen molar-refractivity contribution in [2.24, 2.45) is 0 Å². The molecule has 0 saturated heterocycles. The Morgan fingerprint density at radius 1 is 0.581 bits per heavy atom. The van der Waals surface area contributed by atoms with E-state index < -0.39 is 69.6 Å². The molecule has 2 N–H and O–H groups in total. The van der Waals surface area contributed by atoms with E-state index in [0.29, 0.717) is 48.5 Å². The number of alkyl halides is 11. The van der Waals surface area contributed by atoms with Gasteiger partial charge in [0, 0.05) is 29.4 Å². The smallest absolute Gasteiger partial charge is 0.355 e. The topological polar surface area (TPSA) is 58.2 Å². The van der Waals surface area contributed by atoms with Crippen molar-refractivity contribution < 1.29 is 57.9 Å². The van der Waals surface area contributed by atoms with Crippen LogP contribution >= 0.6 is 0 Å². The van der Waals surface area contributed by atoms with Crippen LogP contribution in [0.2, 0.25) is 0 Å². The number of hydrogen-bond donors (Lipinski definition) is 2. The van der Waals surface area contributed by atoms with Crippen LogP contribution in [-0.2, 0) is 11.3 Å². The van der Waals surface area contributed by atoms with Gasteiger partial charge in [-0.3, -0.25) is 9.59 Å². The summed E-state index contributed by atoms with van der Waals surface area (Å²) in [6, 6.07) is 5.54. The molecule has 0 aliphatic rings. The Morgan fingerprint density at radius 3 is 1.37 bits per heavy atom. The summed E-state index contributed by atoms with van der Waals surface area (Å²) >= 11 is 0. The lowest BCUT2D eigenvalue weighted by molar-refractivity contribution is -0.289. The molecule has 4 nitrogen and oxygen atoms in total. The quantitative estimate of drug-likeness (QED) is 0.273. The number of rotatable bonds is 6. The molecule has 0 fully saturated rings. The van der Waals surface area contributed by atoms with Gasteiger partial charge in [-0.15, -0.1) is 0 Å². The largest absolute Gasteiger partial charge is 0.458 e. The second-order valence-corrected chi connectivity index (χ2v) is 9.47. The SMILES string of the molecule is CNC(=O)c1ccc(C(c2ccc(C(=O)Nc3cc(C(F)(F)C(F)(F)F)cc(C)c3C)cc2)(C(F)(F)F)C(F)(F)F)cc1. The van der Waals surface area contributed by atoms with Crippen LogP contribution in [0.25, 0.3) is 0 Å². The standard InChI is InChI=1S/C28H21F11N2O2/c1-14-12-20(25(29,30)28(37,38)39)13-21(15(14)2)41-23(43)17-6-10-19(11-7-17)24(26(31,32)33,27(34,35)36)18-8-4-16(5-9-18)22(42)40-3/h4-13H,1-3H3,(H,40,42)(H,41,43).